The number of ether oxygens (including phenoxy) is 3. The van der Waals surface area contributed by atoms with Gasteiger partial charge in [0.2, 0.25) is 5.91 Å². The highest BCUT2D eigenvalue weighted by Crippen LogP contribution is 2.45. The Kier molecular flexibility index (Phi) is 8.48. The maximum Gasteiger partial charge on any atom is 0.338 e. The van der Waals surface area contributed by atoms with Crippen molar-refractivity contribution >= 4 is 28.8 Å². The summed E-state index contributed by atoms with van der Waals surface area (Å²) in [5.74, 6) is 0.191. The van der Waals surface area contributed by atoms with Crippen LogP contribution in [0, 0.1) is 0 Å². The average molecular weight is 501 g/mol. The molecule has 35 heavy (non-hydrogen) atoms. The lowest BCUT2D eigenvalue weighted by atomic mass is 9.92. The molecule has 1 amide bonds. The first-order chi connectivity index (χ1) is 17.0. The first-order valence-electron chi connectivity index (χ1n) is 11.8. The van der Waals surface area contributed by atoms with Gasteiger partial charge in [-0.2, -0.15) is 0 Å². The fourth-order valence-electron chi connectivity index (χ4n) is 4.44. The number of thioether (sulfide) groups is 1. The maximum absolute atomic E-state index is 13.0. The van der Waals surface area contributed by atoms with Gasteiger partial charge < -0.3 is 24.4 Å². The number of fused-ring (bicyclic) bond motifs is 1. The minimum absolute atomic E-state index is 0.0689. The summed E-state index contributed by atoms with van der Waals surface area (Å²) >= 11 is 1.47. The molecule has 0 spiro atoms. The number of amides is 1. The van der Waals surface area contributed by atoms with Gasteiger partial charge in [0, 0.05) is 31.9 Å². The van der Waals surface area contributed by atoms with Gasteiger partial charge in [-0.1, -0.05) is 30.8 Å². The molecule has 10 heteroatoms. The first kappa shape index (κ1) is 25.3. The largest absolute Gasteiger partial charge is 0.497 e. The SMILES string of the molecule is CCC1=C(C(=O)OC)[C@@H](c2cccc(OC)c2)N2C(CC(=O)NCCN3CCOCC3)=CSC2=N1. The van der Waals surface area contributed by atoms with E-state index in [0.29, 0.717) is 30.0 Å². The summed E-state index contributed by atoms with van der Waals surface area (Å²) < 4.78 is 16.0. The molecular formula is C25H32N4O5S. The van der Waals surface area contributed by atoms with Gasteiger partial charge in [0.1, 0.15) is 5.75 Å². The highest BCUT2D eigenvalue weighted by Gasteiger charge is 2.41. The van der Waals surface area contributed by atoms with Gasteiger partial charge in [-0.25, -0.2) is 9.79 Å². The molecule has 1 N–H and O–H groups in total. The number of morpholine rings is 1. The van der Waals surface area contributed by atoms with Gasteiger partial charge in [-0.3, -0.25) is 9.69 Å². The highest BCUT2D eigenvalue weighted by atomic mass is 32.2. The summed E-state index contributed by atoms with van der Waals surface area (Å²) in [6.45, 7) is 6.57. The Morgan fingerprint density at radius 3 is 2.77 bits per heavy atom. The zero-order chi connectivity index (χ0) is 24.8. The lowest BCUT2D eigenvalue weighted by Gasteiger charge is -2.36. The van der Waals surface area contributed by atoms with E-state index in [-0.39, 0.29) is 12.3 Å². The lowest BCUT2D eigenvalue weighted by Crippen LogP contribution is -2.42. The summed E-state index contributed by atoms with van der Waals surface area (Å²) in [4.78, 5) is 34.8. The van der Waals surface area contributed by atoms with E-state index in [1.54, 1.807) is 7.11 Å². The van der Waals surface area contributed by atoms with Crippen molar-refractivity contribution in [2.75, 3.05) is 53.6 Å². The minimum atomic E-state index is -0.470. The second-order valence-corrected chi connectivity index (χ2v) is 9.19. The molecule has 9 nitrogen and oxygen atoms in total. The van der Waals surface area contributed by atoms with Crippen LogP contribution in [0.1, 0.15) is 31.4 Å². The normalized spacial score (nSPS) is 20.2. The molecule has 0 bridgehead atoms. The van der Waals surface area contributed by atoms with Crippen LogP contribution in [0.2, 0.25) is 0 Å². The van der Waals surface area contributed by atoms with E-state index in [0.717, 1.165) is 49.3 Å². The number of methoxy groups -OCH3 is 2. The number of hydrogen-bond acceptors (Lipinski definition) is 9. The van der Waals surface area contributed by atoms with Gasteiger partial charge >= 0.3 is 5.97 Å². The lowest BCUT2D eigenvalue weighted by molar-refractivity contribution is -0.136. The van der Waals surface area contributed by atoms with E-state index < -0.39 is 12.0 Å². The molecule has 0 aliphatic carbocycles. The third kappa shape index (κ3) is 5.71. The number of benzene rings is 1. The van der Waals surface area contributed by atoms with Crippen LogP contribution in [0.5, 0.6) is 5.75 Å². The maximum atomic E-state index is 13.0. The molecule has 1 saturated heterocycles. The van der Waals surface area contributed by atoms with E-state index in [1.165, 1.54) is 18.9 Å². The van der Waals surface area contributed by atoms with Crippen molar-refractivity contribution in [2.24, 2.45) is 4.99 Å². The van der Waals surface area contributed by atoms with Gasteiger partial charge in [0.15, 0.2) is 5.17 Å². The molecule has 3 heterocycles. The topological polar surface area (TPSA) is 92.7 Å². The molecule has 1 fully saturated rings. The second-order valence-electron chi connectivity index (χ2n) is 8.36. The van der Waals surface area contributed by atoms with E-state index >= 15 is 0 Å². The first-order valence-corrected chi connectivity index (χ1v) is 12.7. The van der Waals surface area contributed by atoms with Gasteiger partial charge in [0.05, 0.1) is 51.2 Å². The van der Waals surface area contributed by atoms with Crippen molar-refractivity contribution in [2.45, 2.75) is 25.8 Å². The Morgan fingerprint density at radius 1 is 1.26 bits per heavy atom. The molecular weight excluding hydrogens is 468 g/mol. The van der Waals surface area contributed by atoms with Crippen LogP contribution in [0.25, 0.3) is 0 Å². The van der Waals surface area contributed by atoms with Crippen molar-refractivity contribution < 1.29 is 23.8 Å². The quantitative estimate of drug-likeness (QED) is 0.518. The Hall–Kier alpha value is -2.82. The summed E-state index contributed by atoms with van der Waals surface area (Å²) in [5.41, 5.74) is 2.83. The number of hydrogen-bond donors (Lipinski definition) is 1. The molecule has 4 rings (SSSR count). The van der Waals surface area contributed by atoms with Crippen LogP contribution < -0.4 is 10.1 Å². The van der Waals surface area contributed by atoms with Crippen LogP contribution in [0.3, 0.4) is 0 Å². The fraction of sp³-hybridized carbons (Fsp3) is 0.480. The van der Waals surface area contributed by atoms with E-state index in [9.17, 15) is 9.59 Å². The number of amidine groups is 1. The molecule has 0 radical (unpaired) electrons. The molecule has 3 aliphatic heterocycles. The molecule has 0 aromatic heterocycles. The van der Waals surface area contributed by atoms with E-state index in [4.69, 9.17) is 19.2 Å². The third-order valence-corrected chi connectivity index (χ3v) is 7.12. The number of nitrogens with one attached hydrogen (secondary N) is 1. The molecule has 188 valence electrons. The Morgan fingerprint density at radius 2 is 2.06 bits per heavy atom. The van der Waals surface area contributed by atoms with Crippen molar-refractivity contribution in [1.29, 1.82) is 0 Å². The van der Waals surface area contributed by atoms with E-state index in [1.807, 2.05) is 41.5 Å². The minimum Gasteiger partial charge on any atom is -0.497 e. The van der Waals surface area contributed by atoms with Crippen LogP contribution in [-0.2, 0) is 19.1 Å². The fourth-order valence-corrected chi connectivity index (χ4v) is 5.38. The molecule has 1 aromatic rings. The van der Waals surface area contributed by atoms with Gasteiger partial charge in [-0.15, -0.1) is 0 Å². The molecule has 0 unspecified atom stereocenters. The number of aliphatic imine (C=N–C) groups is 1. The monoisotopic (exact) mass is 500 g/mol. The predicted molar refractivity (Wildman–Crippen MR) is 135 cm³/mol. The van der Waals surface area contributed by atoms with Gasteiger partial charge in [0.25, 0.3) is 0 Å². The summed E-state index contributed by atoms with van der Waals surface area (Å²) in [6, 6.07) is 7.15. The zero-order valence-electron chi connectivity index (χ0n) is 20.4. The van der Waals surface area contributed by atoms with Crippen molar-refractivity contribution in [3.63, 3.8) is 0 Å². The van der Waals surface area contributed by atoms with Crippen molar-refractivity contribution in [3.05, 3.63) is 52.2 Å². The predicted octanol–water partition coefficient (Wildman–Crippen LogP) is 2.67. The Labute approximate surface area is 210 Å². The van der Waals surface area contributed by atoms with Crippen LogP contribution in [0.4, 0.5) is 0 Å². The molecule has 1 aromatic carbocycles. The highest BCUT2D eigenvalue weighted by molar-refractivity contribution is 8.16. The van der Waals surface area contributed by atoms with Gasteiger partial charge in [-0.05, 0) is 29.5 Å². The molecule has 0 saturated carbocycles. The number of nitrogens with zero attached hydrogens (tertiary/aromatic N) is 3. The standard InChI is InChI=1S/C25H32N4O5S/c1-4-20-22(24(31)33-3)23(17-6-5-7-19(14-17)32-2)29-18(16-35-25(29)27-20)15-21(30)26-8-9-28-10-12-34-13-11-28/h5-7,14,16,23H,4,8-13,15H2,1-3H3,(H,26,30)/t23-/m1/s1. The third-order valence-electron chi connectivity index (χ3n) is 6.23. The second kappa shape index (κ2) is 11.7. The molecule has 3 aliphatic rings. The summed E-state index contributed by atoms with van der Waals surface area (Å²) in [7, 11) is 2.99. The zero-order valence-corrected chi connectivity index (χ0v) is 21.2. The number of carbonyl (C=O) groups is 2. The number of carbonyl (C=O) groups excluding carboxylic acids is 2. The van der Waals surface area contributed by atoms with Crippen LogP contribution >= 0.6 is 11.8 Å². The summed E-state index contributed by atoms with van der Waals surface area (Å²) in [6.07, 6.45) is 0.770. The van der Waals surface area contributed by atoms with Crippen molar-refractivity contribution in [3.8, 4) is 5.75 Å². The Balaban J connectivity index is 1.55. The van der Waals surface area contributed by atoms with E-state index in [2.05, 4.69) is 10.2 Å². The molecule has 1 atom stereocenters. The Bertz CT molecular complexity index is 1050. The van der Waals surface area contributed by atoms with Crippen molar-refractivity contribution in [1.82, 2.24) is 15.1 Å². The number of allylic oxidation sites excluding steroid dienone is 1. The number of rotatable bonds is 9. The number of esters is 1. The smallest absolute Gasteiger partial charge is 0.338 e. The summed E-state index contributed by atoms with van der Waals surface area (Å²) in [5, 5.41) is 5.72. The van der Waals surface area contributed by atoms with Crippen LogP contribution in [-0.4, -0.2) is 80.5 Å². The average Bonchev–Trinajstić information content (AvgIpc) is 3.29. The van der Waals surface area contributed by atoms with Crippen LogP contribution in [0.15, 0.2) is 51.6 Å².